The Morgan fingerprint density at radius 2 is 2.25 bits per heavy atom. The van der Waals surface area contributed by atoms with Gasteiger partial charge in [-0.15, -0.1) is 0 Å². The topological polar surface area (TPSA) is 35.0 Å². The van der Waals surface area contributed by atoms with Crippen LogP contribution in [0.15, 0.2) is 34.9 Å². The molecular weight excluding hydrogens is 268 g/mol. The first kappa shape index (κ1) is 9.78. The monoisotopic (exact) mass is 276 g/mol. The summed E-state index contributed by atoms with van der Waals surface area (Å²) < 4.78 is 6.45. The SMILES string of the molecule is Brc1cccc(-c2ncc3c(n2)OCC3)c1. The van der Waals surface area contributed by atoms with E-state index in [1.54, 1.807) is 0 Å². The van der Waals surface area contributed by atoms with E-state index in [1.165, 1.54) is 0 Å². The molecule has 0 amide bonds. The zero-order valence-electron chi connectivity index (χ0n) is 8.48. The fourth-order valence-corrected chi connectivity index (χ4v) is 2.11. The Bertz CT molecular complexity index is 542. The van der Waals surface area contributed by atoms with Crippen molar-refractivity contribution in [2.24, 2.45) is 0 Å². The highest BCUT2D eigenvalue weighted by Crippen LogP contribution is 2.26. The molecule has 0 bridgehead atoms. The van der Waals surface area contributed by atoms with E-state index in [-0.39, 0.29) is 0 Å². The molecule has 0 saturated heterocycles. The Morgan fingerprint density at radius 3 is 3.12 bits per heavy atom. The van der Waals surface area contributed by atoms with Crippen molar-refractivity contribution in [3.8, 4) is 17.3 Å². The predicted octanol–water partition coefficient (Wildman–Crippen LogP) is 2.84. The fourth-order valence-electron chi connectivity index (χ4n) is 1.71. The summed E-state index contributed by atoms with van der Waals surface area (Å²) in [6.07, 6.45) is 2.76. The van der Waals surface area contributed by atoms with Gasteiger partial charge in [0.15, 0.2) is 5.82 Å². The normalized spacial score (nSPS) is 13.3. The maximum Gasteiger partial charge on any atom is 0.220 e. The molecule has 1 aromatic heterocycles. The van der Waals surface area contributed by atoms with Crippen molar-refractivity contribution < 1.29 is 4.74 Å². The van der Waals surface area contributed by atoms with E-state index in [0.717, 1.165) is 27.9 Å². The van der Waals surface area contributed by atoms with Gasteiger partial charge in [0.25, 0.3) is 0 Å². The molecule has 80 valence electrons. The van der Waals surface area contributed by atoms with E-state index in [0.29, 0.717) is 12.4 Å². The molecule has 0 fully saturated rings. The zero-order valence-corrected chi connectivity index (χ0v) is 10.1. The van der Waals surface area contributed by atoms with Gasteiger partial charge in [0.1, 0.15) is 0 Å². The summed E-state index contributed by atoms with van der Waals surface area (Å²) in [5.74, 6) is 1.44. The van der Waals surface area contributed by atoms with Crippen molar-refractivity contribution in [2.75, 3.05) is 6.61 Å². The van der Waals surface area contributed by atoms with Crippen LogP contribution in [-0.4, -0.2) is 16.6 Å². The van der Waals surface area contributed by atoms with Gasteiger partial charge in [-0.05, 0) is 12.1 Å². The first-order chi connectivity index (χ1) is 7.83. The maximum atomic E-state index is 5.43. The smallest absolute Gasteiger partial charge is 0.220 e. The van der Waals surface area contributed by atoms with Crippen molar-refractivity contribution in [1.82, 2.24) is 9.97 Å². The second-order valence-corrected chi connectivity index (χ2v) is 4.55. The van der Waals surface area contributed by atoms with Crippen molar-refractivity contribution >= 4 is 15.9 Å². The van der Waals surface area contributed by atoms with Gasteiger partial charge in [-0.2, -0.15) is 4.98 Å². The van der Waals surface area contributed by atoms with Crippen molar-refractivity contribution in [1.29, 1.82) is 0 Å². The lowest BCUT2D eigenvalue weighted by atomic mass is 10.2. The summed E-state index contributed by atoms with van der Waals surface area (Å²) in [5, 5.41) is 0. The Kier molecular flexibility index (Phi) is 2.36. The number of hydrogen-bond donors (Lipinski definition) is 0. The highest BCUT2D eigenvalue weighted by atomic mass is 79.9. The molecule has 3 nitrogen and oxygen atoms in total. The summed E-state index contributed by atoms with van der Waals surface area (Å²) in [6.45, 7) is 0.714. The molecule has 1 aromatic carbocycles. The van der Waals surface area contributed by atoms with Gasteiger partial charge in [0.2, 0.25) is 5.88 Å². The van der Waals surface area contributed by atoms with Gasteiger partial charge in [-0.1, -0.05) is 28.1 Å². The number of rotatable bonds is 1. The zero-order chi connectivity index (χ0) is 11.0. The van der Waals surface area contributed by atoms with Crippen LogP contribution in [0.4, 0.5) is 0 Å². The third kappa shape index (κ3) is 1.69. The number of fused-ring (bicyclic) bond motifs is 1. The quantitative estimate of drug-likeness (QED) is 0.804. The largest absolute Gasteiger partial charge is 0.477 e. The van der Waals surface area contributed by atoms with Crippen molar-refractivity contribution in [3.63, 3.8) is 0 Å². The molecule has 0 unspecified atom stereocenters. The lowest BCUT2D eigenvalue weighted by Crippen LogP contribution is -1.92. The summed E-state index contributed by atoms with van der Waals surface area (Å²) in [7, 11) is 0. The van der Waals surface area contributed by atoms with E-state index < -0.39 is 0 Å². The Balaban J connectivity index is 2.07. The van der Waals surface area contributed by atoms with Crippen LogP contribution in [0, 0.1) is 0 Å². The first-order valence-electron chi connectivity index (χ1n) is 5.07. The molecular formula is C12H9BrN2O. The average molecular weight is 277 g/mol. The Labute approximate surface area is 102 Å². The predicted molar refractivity (Wildman–Crippen MR) is 64.4 cm³/mol. The molecule has 0 atom stereocenters. The van der Waals surface area contributed by atoms with Gasteiger partial charge in [0, 0.05) is 28.2 Å². The van der Waals surface area contributed by atoms with Crippen LogP contribution in [0.2, 0.25) is 0 Å². The van der Waals surface area contributed by atoms with E-state index >= 15 is 0 Å². The minimum atomic E-state index is 0.710. The van der Waals surface area contributed by atoms with Crippen LogP contribution in [-0.2, 0) is 6.42 Å². The molecule has 3 rings (SSSR count). The van der Waals surface area contributed by atoms with Crippen LogP contribution in [0.25, 0.3) is 11.4 Å². The van der Waals surface area contributed by atoms with Crippen LogP contribution in [0.1, 0.15) is 5.56 Å². The van der Waals surface area contributed by atoms with E-state index in [2.05, 4.69) is 25.9 Å². The highest BCUT2D eigenvalue weighted by molar-refractivity contribution is 9.10. The maximum absolute atomic E-state index is 5.43. The molecule has 0 aliphatic carbocycles. The highest BCUT2D eigenvalue weighted by Gasteiger charge is 2.15. The minimum absolute atomic E-state index is 0.710. The number of halogens is 1. The van der Waals surface area contributed by atoms with Crippen LogP contribution < -0.4 is 4.74 Å². The summed E-state index contributed by atoms with van der Waals surface area (Å²) >= 11 is 3.44. The van der Waals surface area contributed by atoms with Gasteiger partial charge < -0.3 is 4.74 Å². The summed E-state index contributed by atoms with van der Waals surface area (Å²) in [5.41, 5.74) is 2.09. The third-order valence-electron chi connectivity index (χ3n) is 2.52. The Hall–Kier alpha value is -1.42. The van der Waals surface area contributed by atoms with E-state index in [9.17, 15) is 0 Å². The fraction of sp³-hybridized carbons (Fsp3) is 0.167. The van der Waals surface area contributed by atoms with Gasteiger partial charge in [-0.25, -0.2) is 4.98 Å². The minimum Gasteiger partial charge on any atom is -0.477 e. The standard InChI is InChI=1S/C12H9BrN2O/c13-10-3-1-2-8(6-10)11-14-7-9-4-5-16-12(9)15-11/h1-3,6-7H,4-5H2. The molecule has 1 aliphatic rings. The van der Waals surface area contributed by atoms with Gasteiger partial charge in [0.05, 0.1) is 6.61 Å². The molecule has 0 saturated carbocycles. The van der Waals surface area contributed by atoms with Gasteiger partial charge in [-0.3, -0.25) is 0 Å². The lowest BCUT2D eigenvalue weighted by Gasteiger charge is -2.02. The third-order valence-corrected chi connectivity index (χ3v) is 3.01. The molecule has 2 heterocycles. The van der Waals surface area contributed by atoms with Crippen LogP contribution >= 0.6 is 15.9 Å². The number of hydrogen-bond acceptors (Lipinski definition) is 3. The number of nitrogens with zero attached hydrogens (tertiary/aromatic N) is 2. The Morgan fingerprint density at radius 1 is 1.31 bits per heavy atom. The van der Waals surface area contributed by atoms with Crippen LogP contribution in [0.3, 0.4) is 0 Å². The lowest BCUT2D eigenvalue weighted by molar-refractivity contribution is 0.345. The van der Waals surface area contributed by atoms with E-state index in [1.807, 2.05) is 30.5 Å². The first-order valence-corrected chi connectivity index (χ1v) is 5.87. The van der Waals surface area contributed by atoms with Crippen molar-refractivity contribution in [3.05, 3.63) is 40.5 Å². The van der Waals surface area contributed by atoms with Crippen LogP contribution in [0.5, 0.6) is 5.88 Å². The summed E-state index contributed by atoms with van der Waals surface area (Å²) in [4.78, 5) is 8.76. The molecule has 1 aliphatic heterocycles. The number of ether oxygens (including phenoxy) is 1. The summed E-state index contributed by atoms with van der Waals surface area (Å²) in [6, 6.07) is 7.93. The molecule has 2 aromatic rings. The van der Waals surface area contributed by atoms with Crippen molar-refractivity contribution in [2.45, 2.75) is 6.42 Å². The molecule has 0 radical (unpaired) electrons. The second-order valence-electron chi connectivity index (χ2n) is 3.63. The van der Waals surface area contributed by atoms with E-state index in [4.69, 9.17) is 4.74 Å². The molecule has 0 N–H and O–H groups in total. The number of benzene rings is 1. The molecule has 4 heteroatoms. The molecule has 0 spiro atoms. The number of aromatic nitrogens is 2. The van der Waals surface area contributed by atoms with Gasteiger partial charge >= 0.3 is 0 Å². The second kappa shape index (κ2) is 3.87. The molecule has 16 heavy (non-hydrogen) atoms. The average Bonchev–Trinajstić information content (AvgIpc) is 2.75.